The van der Waals surface area contributed by atoms with E-state index in [1.807, 2.05) is 44.9 Å². The molecule has 2 saturated heterocycles. The molecule has 2 aliphatic heterocycles. The van der Waals surface area contributed by atoms with Crippen LogP contribution in [-0.2, 0) is 35.3 Å². The van der Waals surface area contributed by atoms with E-state index < -0.39 is 0 Å². The molecule has 0 radical (unpaired) electrons. The zero-order valence-corrected chi connectivity index (χ0v) is 37.9. The van der Waals surface area contributed by atoms with Gasteiger partial charge >= 0.3 is 0 Å². The molecule has 59 heavy (non-hydrogen) atoms. The van der Waals surface area contributed by atoms with Gasteiger partial charge in [0, 0.05) is 88.6 Å². The number of hydrogen-bond donors (Lipinski definition) is 2. The fraction of sp³-hybridized carbons (Fsp3) is 0.660. The Labute approximate surface area is 365 Å². The summed E-state index contributed by atoms with van der Waals surface area (Å²) in [4.78, 5) is 44.2. The van der Waals surface area contributed by atoms with Crippen molar-refractivity contribution in [1.29, 1.82) is 0 Å². The summed E-state index contributed by atoms with van der Waals surface area (Å²) in [6.45, 7) is 6.64. The number of fused-ring (bicyclic) bond motifs is 6. The van der Waals surface area contributed by atoms with Crippen LogP contribution in [0.4, 0.5) is 11.4 Å². The van der Waals surface area contributed by atoms with Crippen LogP contribution in [0.1, 0.15) is 124 Å². The normalized spacial score (nSPS) is 23.8. The van der Waals surface area contributed by atoms with Crippen molar-refractivity contribution in [2.24, 2.45) is 5.92 Å². The Kier molecular flexibility index (Phi) is 14.7. The van der Waals surface area contributed by atoms with Crippen LogP contribution >= 0.6 is 34.3 Å². The lowest BCUT2D eigenvalue weighted by Crippen LogP contribution is -2.44. The molecule has 2 saturated carbocycles. The minimum absolute atomic E-state index is 0.0779. The number of anilines is 2. The third-order valence-corrected chi connectivity index (χ3v) is 16.7. The molecule has 4 aliphatic carbocycles. The summed E-state index contributed by atoms with van der Waals surface area (Å²) in [5, 5.41) is 10.5. The SMILES string of the molecule is CCC1CCC(Nc2ccnc3sc4c(c23)CCC4)CC1.CN(CC(=O)N1CCCC1)C1CCC(Nc2ccnc3sc4c(c23)CCC4)CC1.O=C(CCl)N1CCCC1. The lowest BCUT2D eigenvalue weighted by Gasteiger charge is -2.35. The Morgan fingerprint density at radius 2 is 1.17 bits per heavy atom. The number of likely N-dealkylation sites (tertiary alicyclic amines) is 2. The van der Waals surface area contributed by atoms with Gasteiger partial charge in [0.25, 0.3) is 0 Å². The average Bonchev–Trinajstić information content (AvgIpc) is 4.12. The van der Waals surface area contributed by atoms with Gasteiger partial charge < -0.3 is 20.4 Å². The number of rotatable bonds is 9. The van der Waals surface area contributed by atoms with Crippen LogP contribution in [0.3, 0.4) is 0 Å². The molecule has 2 N–H and O–H groups in total. The van der Waals surface area contributed by atoms with Gasteiger partial charge in [0.15, 0.2) is 0 Å². The summed E-state index contributed by atoms with van der Waals surface area (Å²) < 4.78 is 0. The predicted octanol–water partition coefficient (Wildman–Crippen LogP) is 10.1. The third kappa shape index (κ3) is 10.2. The van der Waals surface area contributed by atoms with Crippen molar-refractivity contribution in [3.05, 3.63) is 45.4 Å². The number of carbonyl (C=O) groups excluding carboxylic acids is 2. The zero-order valence-electron chi connectivity index (χ0n) is 35.5. The summed E-state index contributed by atoms with van der Waals surface area (Å²) in [7, 11) is 2.13. The van der Waals surface area contributed by atoms with E-state index in [4.69, 9.17) is 11.6 Å². The average molecular weight is 861 g/mol. The molecule has 4 aromatic rings. The van der Waals surface area contributed by atoms with Crippen molar-refractivity contribution in [2.45, 2.75) is 147 Å². The maximum Gasteiger partial charge on any atom is 0.237 e. The Balaban J connectivity index is 0.000000140. The van der Waals surface area contributed by atoms with Crippen LogP contribution in [0.15, 0.2) is 24.5 Å². The fourth-order valence-corrected chi connectivity index (χ4v) is 13.2. The van der Waals surface area contributed by atoms with Gasteiger partial charge in [0.05, 0.1) is 6.54 Å². The van der Waals surface area contributed by atoms with Gasteiger partial charge in [-0.3, -0.25) is 14.5 Å². The first-order chi connectivity index (χ1) is 28.9. The molecule has 320 valence electrons. The topological polar surface area (TPSA) is 93.7 Å². The van der Waals surface area contributed by atoms with Gasteiger partial charge in [-0.1, -0.05) is 13.3 Å². The number of nitrogens with zero attached hydrogens (tertiary/aromatic N) is 5. The second-order valence-corrected chi connectivity index (χ2v) is 20.4. The standard InChI is InChI=1S/C23H32N4OS.C18H24N2S.C6H10ClNO/c1-26(15-21(28)27-13-2-3-14-27)17-9-7-16(8-10-17)25-19-11-12-24-23-22(19)18-5-4-6-20(18)29-23;1-2-12-6-8-13(9-7-12)20-15-10-11-19-18-17(15)14-4-3-5-16(14)21-18;7-5-6(9)8-3-1-2-4-8/h11-12,16-17H,2-10,13-15H2,1H3,(H,24,25);10-13H,2-9H2,1H3,(H,19,20);1-5H2. The molecule has 2 amide bonds. The Bertz CT molecular complexity index is 2020. The molecule has 0 spiro atoms. The molecular formula is C47H66ClN7O2S2. The summed E-state index contributed by atoms with van der Waals surface area (Å²) in [5.74, 6) is 1.50. The number of halogens is 1. The monoisotopic (exact) mass is 859 g/mol. The van der Waals surface area contributed by atoms with Crippen LogP contribution in [0.25, 0.3) is 20.4 Å². The smallest absolute Gasteiger partial charge is 0.237 e. The van der Waals surface area contributed by atoms with Crippen LogP contribution in [0.2, 0.25) is 0 Å². The maximum atomic E-state index is 12.5. The van der Waals surface area contributed by atoms with Gasteiger partial charge in [0.2, 0.25) is 11.8 Å². The number of aromatic nitrogens is 2. The largest absolute Gasteiger partial charge is 0.382 e. The molecular weight excluding hydrogens is 794 g/mol. The number of pyridine rings is 2. The Morgan fingerprint density at radius 1 is 0.695 bits per heavy atom. The fourth-order valence-electron chi connectivity index (χ4n) is 10.6. The summed E-state index contributed by atoms with van der Waals surface area (Å²) >= 11 is 9.15. The highest BCUT2D eigenvalue weighted by atomic mass is 35.5. The van der Waals surface area contributed by atoms with Gasteiger partial charge in [-0.2, -0.15) is 0 Å². The minimum Gasteiger partial charge on any atom is -0.382 e. The number of aryl methyl sites for hydroxylation is 4. The number of likely N-dealkylation sites (N-methyl/N-ethyl adjacent to an activating group) is 1. The van der Waals surface area contributed by atoms with E-state index in [-0.39, 0.29) is 11.8 Å². The molecule has 9 nitrogen and oxygen atoms in total. The first kappa shape index (κ1) is 42.7. The van der Waals surface area contributed by atoms with Gasteiger partial charge in [-0.25, -0.2) is 9.97 Å². The Hall–Kier alpha value is -2.99. The van der Waals surface area contributed by atoms with Gasteiger partial charge in [-0.15, -0.1) is 34.3 Å². The number of hydrogen-bond acceptors (Lipinski definition) is 9. The molecule has 6 aliphatic rings. The van der Waals surface area contributed by atoms with E-state index in [0.29, 0.717) is 30.6 Å². The van der Waals surface area contributed by atoms with E-state index in [2.05, 4.69) is 51.6 Å². The lowest BCUT2D eigenvalue weighted by molar-refractivity contribution is -0.131. The first-order valence-electron chi connectivity index (χ1n) is 23.0. The van der Waals surface area contributed by atoms with Crippen LogP contribution < -0.4 is 10.6 Å². The molecule has 10 rings (SSSR count). The van der Waals surface area contributed by atoms with Crippen molar-refractivity contribution in [2.75, 3.05) is 56.3 Å². The molecule has 0 aromatic carbocycles. The molecule has 0 atom stereocenters. The molecule has 4 aromatic heterocycles. The van der Waals surface area contributed by atoms with Crippen molar-refractivity contribution in [1.82, 2.24) is 24.7 Å². The van der Waals surface area contributed by atoms with Crippen molar-refractivity contribution in [3.63, 3.8) is 0 Å². The predicted molar refractivity (Wildman–Crippen MR) is 248 cm³/mol. The van der Waals surface area contributed by atoms with E-state index in [1.54, 1.807) is 20.9 Å². The van der Waals surface area contributed by atoms with Crippen molar-refractivity contribution in [3.8, 4) is 0 Å². The van der Waals surface area contributed by atoms with Crippen molar-refractivity contribution < 1.29 is 9.59 Å². The van der Waals surface area contributed by atoms with Crippen LogP contribution in [0, 0.1) is 5.92 Å². The Morgan fingerprint density at radius 3 is 1.64 bits per heavy atom. The highest BCUT2D eigenvalue weighted by molar-refractivity contribution is 7.19. The number of nitrogens with one attached hydrogen (secondary N) is 2. The quantitative estimate of drug-likeness (QED) is 0.162. The van der Waals surface area contributed by atoms with Gasteiger partial charge in [0.1, 0.15) is 15.5 Å². The van der Waals surface area contributed by atoms with Crippen LogP contribution in [0.5, 0.6) is 0 Å². The van der Waals surface area contributed by atoms with E-state index in [0.717, 1.165) is 57.8 Å². The molecule has 0 unspecified atom stereocenters. The molecule has 0 bridgehead atoms. The van der Waals surface area contributed by atoms with Gasteiger partial charge in [-0.05, 0) is 152 Å². The second kappa shape index (κ2) is 20.3. The molecule has 12 heteroatoms. The number of amides is 2. The van der Waals surface area contributed by atoms with E-state index >= 15 is 0 Å². The van der Waals surface area contributed by atoms with E-state index in [9.17, 15) is 9.59 Å². The number of alkyl halides is 1. The first-order valence-corrected chi connectivity index (χ1v) is 25.2. The maximum absolute atomic E-state index is 12.5. The number of carbonyl (C=O) groups is 2. The minimum atomic E-state index is 0.0779. The lowest BCUT2D eigenvalue weighted by atomic mass is 9.84. The summed E-state index contributed by atoms with van der Waals surface area (Å²) in [6.07, 6.45) is 27.6. The second-order valence-electron chi connectivity index (χ2n) is 17.9. The molecule has 4 fully saturated rings. The molecule has 6 heterocycles. The highest BCUT2D eigenvalue weighted by Crippen LogP contribution is 2.42. The van der Waals surface area contributed by atoms with Crippen molar-refractivity contribution >= 4 is 77.9 Å². The third-order valence-electron chi connectivity index (χ3n) is 14.1. The van der Waals surface area contributed by atoms with E-state index in [1.165, 1.54) is 128 Å². The number of thiophene rings is 2. The zero-order chi connectivity index (χ0) is 40.7. The summed E-state index contributed by atoms with van der Waals surface area (Å²) in [6, 6.07) is 6.08. The summed E-state index contributed by atoms with van der Waals surface area (Å²) in [5.41, 5.74) is 5.78. The highest BCUT2D eigenvalue weighted by Gasteiger charge is 2.29. The van der Waals surface area contributed by atoms with Crippen LogP contribution in [-0.4, -0.2) is 100 Å².